The molecule has 3 N–H and O–H groups in total. The van der Waals surface area contributed by atoms with Gasteiger partial charge in [-0.15, -0.1) is 0 Å². The van der Waals surface area contributed by atoms with Crippen molar-refractivity contribution >= 4 is 15.9 Å². The van der Waals surface area contributed by atoms with Gasteiger partial charge in [-0.1, -0.05) is 24.0 Å². The van der Waals surface area contributed by atoms with Gasteiger partial charge in [0.2, 0.25) is 15.9 Å². The highest BCUT2D eigenvalue weighted by Gasteiger charge is 2.28. The monoisotopic (exact) mass is 307 g/mol. The summed E-state index contributed by atoms with van der Waals surface area (Å²) in [5.74, 6) is 5.31. The molecule has 1 saturated heterocycles. The number of carbonyl (C=O) groups excluding carboxylic acids is 1. The zero-order valence-electron chi connectivity index (χ0n) is 11.5. The first-order valence-electron chi connectivity index (χ1n) is 6.60. The summed E-state index contributed by atoms with van der Waals surface area (Å²) in [4.78, 5) is 11.5. The molecule has 1 aromatic rings. The van der Waals surface area contributed by atoms with Crippen molar-refractivity contribution in [3.8, 4) is 11.8 Å². The average molecular weight is 307 g/mol. The van der Waals surface area contributed by atoms with Gasteiger partial charge < -0.3 is 11.1 Å². The van der Waals surface area contributed by atoms with Crippen LogP contribution in [0.15, 0.2) is 29.2 Å². The fraction of sp³-hybridized carbons (Fsp3) is 0.357. The lowest BCUT2D eigenvalue weighted by Crippen LogP contribution is -2.34. The van der Waals surface area contributed by atoms with Gasteiger partial charge >= 0.3 is 0 Å². The van der Waals surface area contributed by atoms with Gasteiger partial charge in [0.1, 0.15) is 0 Å². The van der Waals surface area contributed by atoms with Gasteiger partial charge in [0.05, 0.1) is 11.4 Å². The van der Waals surface area contributed by atoms with E-state index in [0.717, 1.165) is 0 Å². The second-order valence-electron chi connectivity index (χ2n) is 4.51. The van der Waals surface area contributed by atoms with Gasteiger partial charge in [-0.25, -0.2) is 8.42 Å². The Balaban J connectivity index is 2.37. The van der Waals surface area contributed by atoms with E-state index in [1.807, 2.05) is 0 Å². The SMILES string of the molecule is NCC#Cc1ccccc1S(=O)(=O)N1CCNC(=O)CC1. The number of amides is 1. The quantitative estimate of drug-likeness (QED) is 0.721. The van der Waals surface area contributed by atoms with Crippen molar-refractivity contribution in [2.75, 3.05) is 26.2 Å². The number of carbonyl (C=O) groups is 1. The molecule has 0 radical (unpaired) electrons. The molecule has 0 atom stereocenters. The molecule has 1 aliphatic rings. The maximum absolute atomic E-state index is 12.7. The van der Waals surface area contributed by atoms with Crippen LogP contribution in [-0.4, -0.2) is 44.8 Å². The highest BCUT2D eigenvalue weighted by Crippen LogP contribution is 2.20. The number of hydrogen-bond donors (Lipinski definition) is 2. The molecule has 21 heavy (non-hydrogen) atoms. The average Bonchev–Trinajstić information content (AvgIpc) is 2.70. The van der Waals surface area contributed by atoms with Crippen LogP contribution in [0, 0.1) is 11.8 Å². The second kappa shape index (κ2) is 6.72. The van der Waals surface area contributed by atoms with Crippen molar-refractivity contribution in [1.29, 1.82) is 0 Å². The Morgan fingerprint density at radius 2 is 2.05 bits per heavy atom. The van der Waals surface area contributed by atoms with Crippen LogP contribution < -0.4 is 11.1 Å². The fourth-order valence-corrected chi connectivity index (χ4v) is 3.66. The Hall–Kier alpha value is -1.88. The van der Waals surface area contributed by atoms with Crippen molar-refractivity contribution in [2.24, 2.45) is 5.73 Å². The van der Waals surface area contributed by atoms with Gasteiger partial charge in [-0.05, 0) is 12.1 Å². The standard InChI is InChI=1S/C14H17N3O3S/c15-8-3-5-12-4-1-2-6-13(12)21(19,20)17-10-7-14(18)16-9-11-17/h1-2,4,6H,7-11,15H2,(H,16,18). The molecule has 0 aromatic heterocycles. The lowest BCUT2D eigenvalue weighted by Gasteiger charge is -2.20. The molecule has 112 valence electrons. The van der Waals surface area contributed by atoms with Crippen LogP contribution in [0.3, 0.4) is 0 Å². The number of rotatable bonds is 2. The zero-order valence-corrected chi connectivity index (χ0v) is 12.3. The summed E-state index contributed by atoms with van der Waals surface area (Å²) in [6.45, 7) is 0.908. The van der Waals surface area contributed by atoms with Gasteiger partial charge in [-0.2, -0.15) is 4.31 Å². The Morgan fingerprint density at radius 1 is 1.29 bits per heavy atom. The van der Waals surface area contributed by atoms with Gasteiger partial charge in [0.25, 0.3) is 0 Å². The topological polar surface area (TPSA) is 92.5 Å². The van der Waals surface area contributed by atoms with E-state index in [4.69, 9.17) is 5.73 Å². The van der Waals surface area contributed by atoms with Crippen molar-refractivity contribution in [3.63, 3.8) is 0 Å². The second-order valence-corrected chi connectivity index (χ2v) is 6.41. The Kier molecular flexibility index (Phi) is 4.96. The van der Waals surface area contributed by atoms with Crippen molar-refractivity contribution in [2.45, 2.75) is 11.3 Å². The van der Waals surface area contributed by atoms with Gasteiger partial charge in [-0.3, -0.25) is 4.79 Å². The first-order valence-corrected chi connectivity index (χ1v) is 8.04. The zero-order chi connectivity index (χ0) is 15.3. The summed E-state index contributed by atoms with van der Waals surface area (Å²) in [7, 11) is -3.67. The summed E-state index contributed by atoms with van der Waals surface area (Å²) in [6.07, 6.45) is 0.163. The number of nitrogens with zero attached hydrogens (tertiary/aromatic N) is 1. The van der Waals surface area contributed by atoms with E-state index in [0.29, 0.717) is 12.1 Å². The van der Waals surface area contributed by atoms with E-state index in [-0.39, 0.29) is 36.9 Å². The highest BCUT2D eigenvalue weighted by atomic mass is 32.2. The molecule has 0 aliphatic carbocycles. The molecule has 6 nitrogen and oxygen atoms in total. The van der Waals surface area contributed by atoms with Gasteiger partial charge in [0, 0.05) is 31.6 Å². The normalized spacial score (nSPS) is 16.5. The minimum absolute atomic E-state index is 0.135. The highest BCUT2D eigenvalue weighted by molar-refractivity contribution is 7.89. The molecule has 0 unspecified atom stereocenters. The molecular formula is C14H17N3O3S. The van der Waals surface area contributed by atoms with E-state index in [9.17, 15) is 13.2 Å². The first kappa shape index (κ1) is 15.5. The Labute approximate surface area is 124 Å². The van der Waals surface area contributed by atoms with E-state index < -0.39 is 10.0 Å². The van der Waals surface area contributed by atoms with Crippen LogP contribution in [0.5, 0.6) is 0 Å². The van der Waals surface area contributed by atoms with E-state index in [2.05, 4.69) is 17.2 Å². The van der Waals surface area contributed by atoms with Crippen LogP contribution in [0.2, 0.25) is 0 Å². The van der Waals surface area contributed by atoms with Crippen LogP contribution in [0.1, 0.15) is 12.0 Å². The number of nitrogens with one attached hydrogen (secondary N) is 1. The molecular weight excluding hydrogens is 290 g/mol. The van der Waals surface area contributed by atoms with E-state index in [1.54, 1.807) is 18.2 Å². The van der Waals surface area contributed by atoms with Crippen molar-refractivity contribution < 1.29 is 13.2 Å². The number of benzene rings is 1. The number of nitrogens with two attached hydrogens (primary N) is 1. The van der Waals surface area contributed by atoms with Crippen LogP contribution in [0.4, 0.5) is 0 Å². The van der Waals surface area contributed by atoms with Crippen molar-refractivity contribution in [3.05, 3.63) is 29.8 Å². The molecule has 2 rings (SSSR count). The van der Waals surface area contributed by atoms with Crippen LogP contribution in [-0.2, 0) is 14.8 Å². The number of sulfonamides is 1. The maximum atomic E-state index is 12.7. The lowest BCUT2D eigenvalue weighted by atomic mass is 10.2. The van der Waals surface area contributed by atoms with E-state index in [1.165, 1.54) is 10.4 Å². The smallest absolute Gasteiger partial charge is 0.244 e. The molecule has 1 aliphatic heterocycles. The first-order chi connectivity index (χ1) is 10.1. The predicted octanol–water partition coefficient (Wildman–Crippen LogP) is -0.493. The van der Waals surface area contributed by atoms with Crippen LogP contribution >= 0.6 is 0 Å². The third-order valence-electron chi connectivity index (χ3n) is 3.10. The molecule has 1 fully saturated rings. The summed E-state index contributed by atoms with van der Waals surface area (Å²) < 4.78 is 26.8. The van der Waals surface area contributed by atoms with Crippen molar-refractivity contribution in [1.82, 2.24) is 9.62 Å². The largest absolute Gasteiger partial charge is 0.355 e. The molecule has 1 amide bonds. The minimum Gasteiger partial charge on any atom is -0.355 e. The molecule has 7 heteroatoms. The summed E-state index contributed by atoms with van der Waals surface area (Å²) in [5.41, 5.74) is 5.76. The third-order valence-corrected chi connectivity index (χ3v) is 5.06. The lowest BCUT2D eigenvalue weighted by molar-refractivity contribution is -0.120. The summed E-state index contributed by atoms with van der Waals surface area (Å²) in [6, 6.07) is 6.56. The fourth-order valence-electron chi connectivity index (χ4n) is 2.07. The Bertz CT molecular complexity index is 689. The maximum Gasteiger partial charge on any atom is 0.244 e. The predicted molar refractivity (Wildman–Crippen MR) is 78.8 cm³/mol. The van der Waals surface area contributed by atoms with Gasteiger partial charge in [0.15, 0.2) is 0 Å². The third kappa shape index (κ3) is 3.61. The molecule has 0 spiro atoms. The number of hydrogen-bond acceptors (Lipinski definition) is 4. The summed E-state index contributed by atoms with van der Waals surface area (Å²) >= 11 is 0. The summed E-state index contributed by atoms with van der Waals surface area (Å²) in [5, 5.41) is 2.66. The molecule has 0 bridgehead atoms. The molecule has 0 saturated carbocycles. The minimum atomic E-state index is -3.67. The molecule has 1 heterocycles. The Morgan fingerprint density at radius 3 is 2.81 bits per heavy atom. The van der Waals surface area contributed by atoms with Crippen LogP contribution in [0.25, 0.3) is 0 Å². The van der Waals surface area contributed by atoms with E-state index >= 15 is 0 Å². The molecule has 1 aromatic carbocycles.